The molecule has 1 atom stereocenters. The van der Waals surface area contributed by atoms with Gasteiger partial charge in [0.15, 0.2) is 0 Å². The Morgan fingerprint density at radius 2 is 1.68 bits per heavy atom. The number of nitrogens with zero attached hydrogens (tertiary/aromatic N) is 1. The Labute approximate surface area is 177 Å². The summed E-state index contributed by atoms with van der Waals surface area (Å²) >= 11 is 0. The number of fused-ring (bicyclic) bond motifs is 1. The molecule has 3 N–H and O–H groups in total. The third-order valence-corrected chi connectivity index (χ3v) is 5.12. The van der Waals surface area contributed by atoms with E-state index in [2.05, 4.69) is 10.6 Å². The minimum absolute atomic E-state index is 0.0151. The van der Waals surface area contributed by atoms with Crippen molar-refractivity contribution < 1.29 is 23.5 Å². The molecule has 6 nitrogen and oxygen atoms in total. The number of para-hydroxylation sites is 2. The van der Waals surface area contributed by atoms with E-state index >= 15 is 0 Å². The van der Waals surface area contributed by atoms with Crippen LogP contribution in [0.2, 0.25) is 0 Å². The van der Waals surface area contributed by atoms with Crippen molar-refractivity contribution in [1.29, 1.82) is 0 Å². The third-order valence-electron chi connectivity index (χ3n) is 5.12. The number of halogens is 2. The zero-order valence-corrected chi connectivity index (χ0v) is 16.5. The lowest BCUT2D eigenvalue weighted by Gasteiger charge is -2.42. The molecule has 31 heavy (non-hydrogen) atoms. The number of hydrogen-bond acceptors (Lipinski definition) is 3. The molecule has 0 spiro atoms. The van der Waals surface area contributed by atoms with E-state index in [-0.39, 0.29) is 17.8 Å². The monoisotopic (exact) mass is 423 g/mol. The Balaban J connectivity index is 1.79. The summed E-state index contributed by atoms with van der Waals surface area (Å²) in [6.07, 6.45) is 0. The molecule has 0 aliphatic carbocycles. The van der Waals surface area contributed by atoms with E-state index in [1.54, 1.807) is 24.3 Å². The number of hydrogen-bond donors (Lipinski definition) is 3. The second kappa shape index (κ2) is 7.81. The van der Waals surface area contributed by atoms with Gasteiger partial charge in [0.2, 0.25) is 0 Å². The van der Waals surface area contributed by atoms with Gasteiger partial charge in [-0.25, -0.2) is 18.5 Å². The summed E-state index contributed by atoms with van der Waals surface area (Å²) in [6, 6.07) is 15.3. The van der Waals surface area contributed by atoms with Crippen LogP contribution >= 0.6 is 0 Å². The SMILES string of the molecule is Cc1ccc(CNC(=O)[C@]2(O)c3ccccc3NC(=O)N2c2c(F)cccc2F)cc1. The summed E-state index contributed by atoms with van der Waals surface area (Å²) in [6.45, 7) is 1.96. The Bertz CT molecular complexity index is 1150. The lowest BCUT2D eigenvalue weighted by atomic mass is 9.94. The van der Waals surface area contributed by atoms with E-state index in [0.717, 1.165) is 29.3 Å². The van der Waals surface area contributed by atoms with Crippen molar-refractivity contribution in [3.05, 3.63) is 95.1 Å². The van der Waals surface area contributed by atoms with Gasteiger partial charge in [0.1, 0.15) is 17.3 Å². The van der Waals surface area contributed by atoms with Crippen molar-refractivity contribution in [2.75, 3.05) is 10.2 Å². The fourth-order valence-corrected chi connectivity index (χ4v) is 3.54. The second-order valence-corrected chi connectivity index (χ2v) is 7.22. The molecule has 3 aromatic carbocycles. The number of carbonyl (C=O) groups is 2. The van der Waals surface area contributed by atoms with Gasteiger partial charge in [0.05, 0.1) is 5.69 Å². The number of benzene rings is 3. The average Bonchev–Trinajstić information content (AvgIpc) is 2.75. The Morgan fingerprint density at radius 1 is 1.03 bits per heavy atom. The van der Waals surface area contributed by atoms with Gasteiger partial charge in [-0.1, -0.05) is 54.1 Å². The highest BCUT2D eigenvalue weighted by molar-refractivity contribution is 6.12. The highest BCUT2D eigenvalue weighted by Crippen LogP contribution is 2.41. The summed E-state index contributed by atoms with van der Waals surface area (Å²) in [7, 11) is 0. The van der Waals surface area contributed by atoms with Crippen LogP contribution in [0.15, 0.2) is 66.7 Å². The maximum Gasteiger partial charge on any atom is 0.329 e. The smallest absolute Gasteiger partial charge is 0.329 e. The van der Waals surface area contributed by atoms with E-state index in [1.165, 1.54) is 12.1 Å². The first-order valence-corrected chi connectivity index (χ1v) is 9.53. The predicted molar refractivity (Wildman–Crippen MR) is 111 cm³/mol. The number of aliphatic hydroxyl groups is 1. The van der Waals surface area contributed by atoms with Crippen LogP contribution in [0.4, 0.5) is 25.0 Å². The number of rotatable bonds is 4. The van der Waals surface area contributed by atoms with Gasteiger partial charge in [0, 0.05) is 12.1 Å². The van der Waals surface area contributed by atoms with Crippen LogP contribution in [0.3, 0.4) is 0 Å². The van der Waals surface area contributed by atoms with Gasteiger partial charge in [0.25, 0.3) is 11.6 Å². The van der Waals surface area contributed by atoms with Gasteiger partial charge in [-0.3, -0.25) is 4.79 Å². The van der Waals surface area contributed by atoms with Crippen molar-refractivity contribution >= 4 is 23.3 Å². The van der Waals surface area contributed by atoms with Gasteiger partial charge >= 0.3 is 6.03 Å². The topological polar surface area (TPSA) is 81.7 Å². The zero-order valence-electron chi connectivity index (χ0n) is 16.5. The second-order valence-electron chi connectivity index (χ2n) is 7.22. The minimum Gasteiger partial charge on any atom is -0.359 e. The van der Waals surface area contributed by atoms with Crippen molar-refractivity contribution in [1.82, 2.24) is 5.32 Å². The molecule has 0 bridgehead atoms. The van der Waals surface area contributed by atoms with Gasteiger partial charge in [-0.15, -0.1) is 0 Å². The Morgan fingerprint density at radius 3 is 2.35 bits per heavy atom. The normalized spacial score (nSPS) is 17.7. The van der Waals surface area contributed by atoms with Crippen molar-refractivity contribution in [2.24, 2.45) is 0 Å². The highest BCUT2D eigenvalue weighted by Gasteiger charge is 2.53. The number of aryl methyl sites for hydroxylation is 1. The van der Waals surface area contributed by atoms with Crippen LogP contribution < -0.4 is 15.5 Å². The molecule has 1 aliphatic rings. The summed E-state index contributed by atoms with van der Waals surface area (Å²) in [5, 5.41) is 16.6. The molecule has 1 heterocycles. The van der Waals surface area contributed by atoms with Crippen LogP contribution in [0, 0.1) is 18.6 Å². The van der Waals surface area contributed by atoms with Crippen LogP contribution in [-0.2, 0) is 17.1 Å². The Hall–Kier alpha value is -3.78. The first-order valence-electron chi connectivity index (χ1n) is 9.53. The number of anilines is 2. The molecule has 0 radical (unpaired) electrons. The quantitative estimate of drug-likeness (QED) is 0.597. The molecular weight excluding hydrogens is 404 g/mol. The third kappa shape index (κ3) is 3.51. The number of urea groups is 1. The molecule has 3 aromatic rings. The molecule has 0 unspecified atom stereocenters. The Kier molecular flexibility index (Phi) is 5.16. The maximum absolute atomic E-state index is 14.6. The molecule has 3 amide bonds. The molecule has 158 valence electrons. The van der Waals surface area contributed by atoms with E-state index in [9.17, 15) is 23.5 Å². The summed E-state index contributed by atoms with van der Waals surface area (Å²) < 4.78 is 29.2. The molecule has 8 heteroatoms. The number of carbonyl (C=O) groups excluding carboxylic acids is 2. The summed E-state index contributed by atoms with van der Waals surface area (Å²) in [4.78, 5) is 26.5. The van der Waals surface area contributed by atoms with Crippen LogP contribution in [0.1, 0.15) is 16.7 Å². The summed E-state index contributed by atoms with van der Waals surface area (Å²) in [5.41, 5.74) is -1.59. The van der Waals surface area contributed by atoms with Crippen LogP contribution in [0.25, 0.3) is 0 Å². The standard InChI is InChI=1S/C23H19F2N3O3/c1-14-9-11-15(12-10-14)13-26-21(29)23(31)16-5-2-3-8-19(16)27-22(30)28(23)20-17(24)6-4-7-18(20)25/h2-12,31H,13H2,1H3,(H,26,29)(H,27,30)/t23-/m1/s1. The van der Waals surface area contributed by atoms with Crippen molar-refractivity contribution in [2.45, 2.75) is 19.2 Å². The molecule has 0 saturated heterocycles. The van der Waals surface area contributed by atoms with E-state index in [0.29, 0.717) is 4.90 Å². The molecule has 1 aliphatic heterocycles. The van der Waals surface area contributed by atoms with Gasteiger partial charge < -0.3 is 15.7 Å². The first kappa shape index (κ1) is 20.5. The zero-order chi connectivity index (χ0) is 22.2. The van der Waals surface area contributed by atoms with Crippen molar-refractivity contribution in [3.8, 4) is 0 Å². The first-order chi connectivity index (χ1) is 14.8. The summed E-state index contributed by atoms with van der Waals surface area (Å²) in [5.74, 6) is -3.20. The highest BCUT2D eigenvalue weighted by atomic mass is 19.1. The van der Waals surface area contributed by atoms with Crippen LogP contribution in [-0.4, -0.2) is 17.0 Å². The fraction of sp³-hybridized carbons (Fsp3) is 0.130. The lowest BCUT2D eigenvalue weighted by Crippen LogP contribution is -2.62. The molecule has 0 saturated carbocycles. The number of nitrogens with one attached hydrogen (secondary N) is 2. The molecular formula is C23H19F2N3O3. The molecule has 0 fully saturated rings. The lowest BCUT2D eigenvalue weighted by molar-refractivity contribution is -0.140. The van der Waals surface area contributed by atoms with Gasteiger partial charge in [-0.05, 0) is 30.7 Å². The predicted octanol–water partition coefficient (Wildman–Crippen LogP) is 3.79. The van der Waals surface area contributed by atoms with Crippen LogP contribution in [0.5, 0.6) is 0 Å². The van der Waals surface area contributed by atoms with E-state index in [1.807, 2.05) is 19.1 Å². The van der Waals surface area contributed by atoms with Gasteiger partial charge in [-0.2, -0.15) is 0 Å². The molecule has 4 rings (SSSR count). The van der Waals surface area contributed by atoms with Crippen molar-refractivity contribution in [3.63, 3.8) is 0 Å². The maximum atomic E-state index is 14.6. The largest absolute Gasteiger partial charge is 0.359 e. The van der Waals surface area contributed by atoms with E-state index < -0.39 is 35.0 Å². The van der Waals surface area contributed by atoms with E-state index in [4.69, 9.17) is 0 Å². The fourth-order valence-electron chi connectivity index (χ4n) is 3.54. The molecule has 0 aromatic heterocycles. The minimum atomic E-state index is -2.69. The average molecular weight is 423 g/mol. The number of amides is 3.